The number of halogens is 2. The third-order valence-corrected chi connectivity index (χ3v) is 5.61. The van der Waals surface area contributed by atoms with E-state index in [1.165, 1.54) is 32.1 Å². The Morgan fingerprint density at radius 2 is 1.81 bits per heavy atom. The molecule has 0 bridgehead atoms. The van der Waals surface area contributed by atoms with Crippen molar-refractivity contribution in [2.45, 2.75) is 44.6 Å². The normalized spacial score (nSPS) is 15.0. The Kier molecular flexibility index (Phi) is 5.60. The van der Waals surface area contributed by atoms with Gasteiger partial charge in [-0.05, 0) is 36.6 Å². The predicted octanol–water partition coefficient (Wildman–Crippen LogP) is 5.51. The van der Waals surface area contributed by atoms with Gasteiger partial charge in [-0.2, -0.15) is 0 Å². The van der Waals surface area contributed by atoms with E-state index in [1.807, 2.05) is 24.3 Å². The van der Waals surface area contributed by atoms with Gasteiger partial charge in [0.1, 0.15) is 5.82 Å². The fourth-order valence-corrected chi connectivity index (χ4v) is 3.99. The molecule has 0 aliphatic heterocycles. The number of nitrogens with one attached hydrogen (secondary N) is 2. The maximum atomic E-state index is 6.26. The summed E-state index contributed by atoms with van der Waals surface area (Å²) in [6.07, 6.45) is 10.3. The summed E-state index contributed by atoms with van der Waals surface area (Å²) < 4.78 is 0. The van der Waals surface area contributed by atoms with Crippen molar-refractivity contribution >= 4 is 29.2 Å². The zero-order valence-corrected chi connectivity index (χ0v) is 16.4. The minimum atomic E-state index is 0.466. The van der Waals surface area contributed by atoms with Crippen LogP contribution in [-0.4, -0.2) is 26.0 Å². The Morgan fingerprint density at radius 1 is 1.04 bits per heavy atom. The van der Waals surface area contributed by atoms with Gasteiger partial charge in [-0.1, -0.05) is 48.5 Å². The second-order valence-corrected chi connectivity index (χ2v) is 7.68. The van der Waals surface area contributed by atoms with Crippen LogP contribution in [0.2, 0.25) is 10.0 Å². The molecule has 1 aliphatic carbocycles. The lowest BCUT2D eigenvalue weighted by molar-refractivity contribution is 0.461. The molecule has 0 radical (unpaired) electrons. The van der Waals surface area contributed by atoms with Gasteiger partial charge >= 0.3 is 0 Å². The smallest absolute Gasteiger partial charge is 0.223 e. The molecule has 0 atom stereocenters. The number of rotatable bonds is 5. The zero-order chi connectivity index (χ0) is 18.6. The van der Waals surface area contributed by atoms with E-state index >= 15 is 0 Å². The largest absolute Gasteiger partial charge is 0.351 e. The van der Waals surface area contributed by atoms with Gasteiger partial charge in [0.05, 0.1) is 17.6 Å². The summed E-state index contributed by atoms with van der Waals surface area (Å²) in [5.41, 5.74) is 2.53. The quantitative estimate of drug-likeness (QED) is 0.591. The summed E-state index contributed by atoms with van der Waals surface area (Å²) in [5, 5.41) is 4.74. The minimum Gasteiger partial charge on any atom is -0.351 e. The second-order valence-electron chi connectivity index (χ2n) is 6.87. The molecule has 1 fully saturated rings. The monoisotopic (exact) mass is 401 g/mol. The third kappa shape index (κ3) is 4.42. The highest BCUT2D eigenvalue weighted by Gasteiger charge is 2.15. The van der Waals surface area contributed by atoms with Crippen molar-refractivity contribution in [1.82, 2.24) is 19.9 Å². The standard InChI is InChI=1S/C20H21Cl2N5/c21-15-7-4-8-16(22)14(15)11-19-24-12-18(26-19)17-9-10-23-20(27-17)25-13-5-2-1-3-6-13/h4,7-10,12-13H,1-3,5-6,11H2,(H,24,26)(H,23,25,27). The van der Waals surface area contributed by atoms with E-state index in [2.05, 4.69) is 25.3 Å². The van der Waals surface area contributed by atoms with E-state index in [1.54, 1.807) is 12.4 Å². The number of aromatic amines is 1. The summed E-state index contributed by atoms with van der Waals surface area (Å²) in [5.74, 6) is 1.46. The SMILES string of the molecule is Clc1cccc(Cl)c1Cc1ncc(-c2ccnc(NC3CCCCC3)n2)[nH]1. The van der Waals surface area contributed by atoms with Crippen LogP contribution in [0.5, 0.6) is 0 Å². The van der Waals surface area contributed by atoms with Crippen molar-refractivity contribution in [2.75, 3.05) is 5.32 Å². The highest BCUT2D eigenvalue weighted by molar-refractivity contribution is 6.36. The fourth-order valence-electron chi connectivity index (χ4n) is 3.46. The van der Waals surface area contributed by atoms with Gasteiger partial charge in [0.25, 0.3) is 0 Å². The van der Waals surface area contributed by atoms with Crippen molar-refractivity contribution in [3.8, 4) is 11.4 Å². The second kappa shape index (κ2) is 8.28. The number of imidazole rings is 1. The molecule has 1 aliphatic rings. The molecule has 4 rings (SSSR count). The molecular weight excluding hydrogens is 381 g/mol. The van der Waals surface area contributed by atoms with E-state index in [0.717, 1.165) is 22.8 Å². The first kappa shape index (κ1) is 18.3. The van der Waals surface area contributed by atoms with Gasteiger partial charge in [-0.25, -0.2) is 15.0 Å². The van der Waals surface area contributed by atoms with Crippen LogP contribution in [0.15, 0.2) is 36.7 Å². The third-order valence-electron chi connectivity index (χ3n) is 4.90. The number of H-pyrrole nitrogens is 1. The van der Waals surface area contributed by atoms with E-state index in [-0.39, 0.29) is 0 Å². The molecule has 0 saturated heterocycles. The number of benzene rings is 1. The van der Waals surface area contributed by atoms with Crippen molar-refractivity contribution in [3.05, 3.63) is 58.1 Å². The minimum absolute atomic E-state index is 0.466. The van der Waals surface area contributed by atoms with Crippen LogP contribution in [0.3, 0.4) is 0 Å². The van der Waals surface area contributed by atoms with Gasteiger partial charge in [0, 0.05) is 28.7 Å². The Balaban J connectivity index is 1.50. The van der Waals surface area contributed by atoms with Crippen molar-refractivity contribution in [3.63, 3.8) is 0 Å². The molecule has 27 heavy (non-hydrogen) atoms. The number of nitrogens with zero attached hydrogens (tertiary/aromatic N) is 3. The summed E-state index contributed by atoms with van der Waals surface area (Å²) in [6.45, 7) is 0. The zero-order valence-electron chi connectivity index (χ0n) is 14.9. The summed E-state index contributed by atoms with van der Waals surface area (Å²) in [6, 6.07) is 7.85. The molecule has 2 N–H and O–H groups in total. The van der Waals surface area contributed by atoms with E-state index in [9.17, 15) is 0 Å². The highest BCUT2D eigenvalue weighted by Crippen LogP contribution is 2.27. The van der Waals surface area contributed by atoms with Gasteiger partial charge in [-0.15, -0.1) is 0 Å². The summed E-state index contributed by atoms with van der Waals surface area (Å²) >= 11 is 12.5. The van der Waals surface area contributed by atoms with Crippen LogP contribution in [0.4, 0.5) is 5.95 Å². The van der Waals surface area contributed by atoms with Crippen LogP contribution in [-0.2, 0) is 6.42 Å². The van der Waals surface area contributed by atoms with E-state index < -0.39 is 0 Å². The number of hydrogen-bond acceptors (Lipinski definition) is 4. The van der Waals surface area contributed by atoms with Crippen LogP contribution in [0.1, 0.15) is 43.5 Å². The fraction of sp³-hybridized carbons (Fsp3) is 0.350. The van der Waals surface area contributed by atoms with Crippen molar-refractivity contribution in [2.24, 2.45) is 0 Å². The lowest BCUT2D eigenvalue weighted by Crippen LogP contribution is -2.23. The summed E-state index contributed by atoms with van der Waals surface area (Å²) in [4.78, 5) is 16.8. The van der Waals surface area contributed by atoms with E-state index in [0.29, 0.717) is 28.5 Å². The van der Waals surface area contributed by atoms with Crippen LogP contribution >= 0.6 is 23.2 Å². The molecule has 5 nitrogen and oxygen atoms in total. The number of anilines is 1. The molecule has 0 spiro atoms. The molecule has 1 aromatic carbocycles. The first-order valence-electron chi connectivity index (χ1n) is 9.26. The first-order valence-corrected chi connectivity index (χ1v) is 10.0. The maximum absolute atomic E-state index is 6.26. The molecule has 2 heterocycles. The molecule has 3 aromatic rings. The van der Waals surface area contributed by atoms with Gasteiger partial charge in [0.2, 0.25) is 5.95 Å². The average Bonchev–Trinajstić information content (AvgIpc) is 3.15. The molecule has 1 saturated carbocycles. The first-order chi connectivity index (χ1) is 13.2. The van der Waals surface area contributed by atoms with Crippen LogP contribution in [0.25, 0.3) is 11.4 Å². The Morgan fingerprint density at radius 3 is 2.59 bits per heavy atom. The maximum Gasteiger partial charge on any atom is 0.223 e. The van der Waals surface area contributed by atoms with Gasteiger partial charge < -0.3 is 10.3 Å². The average molecular weight is 402 g/mol. The Bertz CT molecular complexity index is 898. The van der Waals surface area contributed by atoms with Crippen LogP contribution < -0.4 is 5.32 Å². The van der Waals surface area contributed by atoms with E-state index in [4.69, 9.17) is 23.2 Å². The van der Waals surface area contributed by atoms with Crippen molar-refractivity contribution < 1.29 is 0 Å². The molecule has 2 aromatic heterocycles. The Hall–Kier alpha value is -2.11. The summed E-state index contributed by atoms with van der Waals surface area (Å²) in [7, 11) is 0. The number of hydrogen-bond donors (Lipinski definition) is 2. The lowest BCUT2D eigenvalue weighted by Gasteiger charge is -2.22. The molecular formula is C20H21Cl2N5. The Labute approximate surface area is 168 Å². The molecule has 0 amide bonds. The van der Waals surface area contributed by atoms with Crippen LogP contribution in [0, 0.1) is 0 Å². The predicted molar refractivity (Wildman–Crippen MR) is 109 cm³/mol. The lowest BCUT2D eigenvalue weighted by atomic mass is 9.96. The van der Waals surface area contributed by atoms with Gasteiger partial charge in [0.15, 0.2) is 0 Å². The molecule has 7 heteroatoms. The van der Waals surface area contributed by atoms with Gasteiger partial charge in [-0.3, -0.25) is 0 Å². The number of aromatic nitrogens is 4. The molecule has 0 unspecified atom stereocenters. The highest BCUT2D eigenvalue weighted by atomic mass is 35.5. The van der Waals surface area contributed by atoms with Crippen molar-refractivity contribution in [1.29, 1.82) is 0 Å². The molecule has 140 valence electrons. The topological polar surface area (TPSA) is 66.5 Å².